The standard InChI is InChI=1S/C66H90N20O10S2.C3H6O3.C2H4O2.2Cu/c1-9-83(10-2)33-17-29-67-61-73-62(68-30-18-34-84(11-3)12-4)76-65(75-61)71-47-23-25-49-45(37-47)41-55(97(91,92)93)57(59(49)89)81-79-51-27-21-43(39-53(51)87)44-22-28-52(54(88)40-44)80-82-58-56(98(94,95)96)42-46-38-48(24-26-50(46)60(58)90)72-66-77-63(69-31-19-35-85(13-5)14-6)74-64(78-66)70-32-20-36-86(15-7)16-8;1-2(4)3(5)6;1-2(3)4;;/h21-28,37-42,87-90H,9-20,29-36H2,1-8H3,(H,91,92,93)(H,94,95,96)(H3,67,68,71,73,75,76)(H3,69,70,72,74,77,78);2,4H,1H3,(H,5,6);1H3,(H,3,4);;/q;;;2*+2/p-4. The predicted molar refractivity (Wildman–Crippen MR) is 406 cm³/mol. The van der Waals surface area contributed by atoms with Crippen molar-refractivity contribution in [3.05, 3.63) is 84.9 Å². The van der Waals surface area contributed by atoms with E-state index in [0.29, 0.717) is 61.3 Å². The van der Waals surface area contributed by atoms with Gasteiger partial charge in [-0.15, -0.1) is 10.2 Å². The SMILES string of the molecule is CC(=O)O.CC(O)C(=O)O.CCN(CC)CCCNc1nc(NCCCN(CC)CC)nc(Nc2ccc3c([O-])c(N=Nc4ccc(-c5ccc(N=Nc6c(S(=O)(=O)[O-])cc7cc(Nc8nc(NCCCN(CC)CC)nc(NCCCN(CC)CC)n8)ccc7c6[O-])c([O-])c5)cc4[O-])c(S(=O)(=O)[O-])cc3c2)n1.[Cu+2].[Cu+2].[H+].[H+]. The third-order valence-corrected chi connectivity index (χ3v) is 18.5. The molecule has 0 amide bonds. The summed E-state index contributed by atoms with van der Waals surface area (Å²) in [7, 11) is -10.7. The third-order valence-electron chi connectivity index (χ3n) is 16.8. The van der Waals surface area contributed by atoms with E-state index in [0.717, 1.165) is 135 Å². The average Bonchev–Trinajstić information content (AvgIpc) is 0.771. The van der Waals surface area contributed by atoms with Gasteiger partial charge >= 0.3 is 43.0 Å². The van der Waals surface area contributed by atoms with Crippen LogP contribution in [0.3, 0.4) is 0 Å². The van der Waals surface area contributed by atoms with Crippen LogP contribution in [0.15, 0.2) is 115 Å². The number of azo groups is 2. The fourth-order valence-corrected chi connectivity index (χ4v) is 12.1. The molecule has 604 valence electrons. The number of hydrogen-bond acceptors (Lipinski definition) is 33. The molecule has 2 aromatic heterocycles. The van der Waals surface area contributed by atoms with Crippen molar-refractivity contribution in [1.29, 1.82) is 0 Å². The molecule has 2 heterocycles. The van der Waals surface area contributed by atoms with Gasteiger partial charge in [-0.3, -0.25) is 4.79 Å². The molecule has 0 aliphatic carbocycles. The Morgan fingerprint density at radius 1 is 0.455 bits per heavy atom. The molecule has 0 saturated heterocycles. The largest absolute Gasteiger partial charge is 2.00 e. The summed E-state index contributed by atoms with van der Waals surface area (Å²) >= 11 is 0. The van der Waals surface area contributed by atoms with Crippen LogP contribution in [0.2, 0.25) is 0 Å². The van der Waals surface area contributed by atoms with Crippen LogP contribution in [-0.2, 0) is 64.0 Å². The maximum absolute atomic E-state index is 14.0. The van der Waals surface area contributed by atoms with E-state index in [9.17, 15) is 51.2 Å². The molecular weight excluding hydrogens is 1560 g/mol. The van der Waals surface area contributed by atoms with Gasteiger partial charge in [-0.1, -0.05) is 115 Å². The predicted octanol–water partition coefficient (Wildman–Crippen LogP) is 8.79. The summed E-state index contributed by atoms with van der Waals surface area (Å²) < 4.78 is 76.6. The number of aliphatic hydroxyl groups excluding tert-OH is 1. The van der Waals surface area contributed by atoms with Gasteiger partial charge in [0, 0.05) is 44.5 Å². The Hall–Kier alpha value is -9.34. The van der Waals surface area contributed by atoms with Gasteiger partial charge < -0.3 is 96.4 Å². The summed E-state index contributed by atoms with van der Waals surface area (Å²) in [6.45, 7) is 32.4. The zero-order valence-electron chi connectivity index (χ0n) is 64.7. The van der Waals surface area contributed by atoms with Crippen LogP contribution in [0.4, 0.5) is 69.8 Å². The van der Waals surface area contributed by atoms with Gasteiger partial charge in [-0.05, 0) is 192 Å². The van der Waals surface area contributed by atoms with Gasteiger partial charge in [0.25, 0.3) is 5.97 Å². The van der Waals surface area contributed by atoms with Gasteiger partial charge in [-0.2, -0.15) is 40.1 Å². The molecule has 0 saturated carbocycles. The summed E-state index contributed by atoms with van der Waals surface area (Å²) in [5.41, 5.74) is -1.28. The minimum Gasteiger partial charge on any atom is -0.871 e. The van der Waals surface area contributed by atoms with Crippen molar-refractivity contribution in [2.24, 2.45) is 20.5 Å². The molecule has 0 fully saturated rings. The molecule has 8 rings (SSSR count). The zero-order chi connectivity index (χ0) is 79.3. The maximum Gasteiger partial charge on any atom is 2.00 e. The number of nitrogens with zero attached hydrogens (tertiary/aromatic N) is 14. The van der Waals surface area contributed by atoms with Crippen LogP contribution < -0.4 is 52.3 Å². The number of rotatable bonds is 40. The molecular formula is C71H96Cu2N20O15S2. The fraction of sp³-hybridized carbons (Fsp3) is 0.437. The molecule has 2 radical (unpaired) electrons. The minimum atomic E-state index is -5.37. The molecule has 9 N–H and O–H groups in total. The van der Waals surface area contributed by atoms with Crippen molar-refractivity contribution in [2.45, 2.75) is 111 Å². The Kier molecular flexibility index (Phi) is 38.7. The van der Waals surface area contributed by atoms with Crippen LogP contribution >= 0.6 is 0 Å². The summed E-state index contributed by atoms with van der Waals surface area (Å²) in [5, 5.41) is 113. The van der Waals surface area contributed by atoms with E-state index in [2.05, 4.69) is 157 Å². The van der Waals surface area contributed by atoms with E-state index in [4.69, 9.17) is 20.1 Å². The third kappa shape index (κ3) is 28.8. The molecule has 1 unspecified atom stereocenters. The van der Waals surface area contributed by atoms with Crippen LogP contribution in [-0.4, -0.2) is 214 Å². The first-order valence-electron chi connectivity index (χ1n) is 35.4. The normalized spacial score (nSPS) is 11.8. The monoisotopic (exact) mass is 1660 g/mol. The molecule has 39 heteroatoms. The van der Waals surface area contributed by atoms with Gasteiger partial charge in [0.15, 0.2) is 0 Å². The van der Waals surface area contributed by atoms with Gasteiger partial charge in [0.2, 0.25) is 35.7 Å². The number of aliphatic carboxylic acids is 2. The molecule has 0 spiro atoms. The van der Waals surface area contributed by atoms with E-state index < -0.39 is 82.4 Å². The van der Waals surface area contributed by atoms with Crippen molar-refractivity contribution in [3.63, 3.8) is 0 Å². The topological polar surface area (TPSA) is 513 Å². The molecule has 35 nitrogen and oxygen atoms in total. The molecule has 6 aromatic carbocycles. The van der Waals surface area contributed by atoms with E-state index in [1.807, 2.05) is 0 Å². The molecule has 110 heavy (non-hydrogen) atoms. The second-order valence-corrected chi connectivity index (χ2v) is 27.0. The number of nitrogens with one attached hydrogen (secondary N) is 6. The fourth-order valence-electron chi connectivity index (χ4n) is 10.8. The summed E-state index contributed by atoms with van der Waals surface area (Å²) in [4.78, 5) is 53.1. The Morgan fingerprint density at radius 2 is 0.727 bits per heavy atom. The van der Waals surface area contributed by atoms with E-state index in [1.165, 1.54) is 67.6 Å². The smallest absolute Gasteiger partial charge is 0.871 e. The van der Waals surface area contributed by atoms with Crippen LogP contribution in [0, 0.1) is 0 Å². The molecule has 1 atom stereocenters. The second-order valence-electron chi connectivity index (χ2n) is 24.3. The van der Waals surface area contributed by atoms with E-state index >= 15 is 0 Å². The molecule has 8 aromatic rings. The van der Waals surface area contributed by atoms with Crippen LogP contribution in [0.5, 0.6) is 23.0 Å². The minimum absolute atomic E-state index is 0. The van der Waals surface area contributed by atoms with Crippen LogP contribution in [0.1, 0.15) is 97.8 Å². The Balaban J connectivity index is 0.00000285. The molecule has 0 aliphatic heterocycles. The number of fused-ring (bicyclic) bond motifs is 2. The second kappa shape index (κ2) is 45.7. The quantitative estimate of drug-likeness (QED) is 0.00749. The van der Waals surface area contributed by atoms with Crippen molar-refractivity contribution < 1.29 is 108 Å². The molecule has 0 bridgehead atoms. The van der Waals surface area contributed by atoms with Crippen LogP contribution in [0.25, 0.3) is 32.7 Å². The number of carbonyl (C=O) groups is 2. The van der Waals surface area contributed by atoms with E-state index in [-0.39, 0.29) is 92.9 Å². The number of aliphatic hydroxyl groups is 1. The summed E-state index contributed by atoms with van der Waals surface area (Å²) in [6, 6.07) is 18.2. The first-order valence-corrected chi connectivity index (χ1v) is 38.2. The zero-order valence-corrected chi connectivity index (χ0v) is 66.2. The van der Waals surface area contributed by atoms with Gasteiger partial charge in [0.1, 0.15) is 26.3 Å². The average molecular weight is 1660 g/mol. The Labute approximate surface area is 664 Å². The number of benzene rings is 6. The van der Waals surface area contributed by atoms with Gasteiger partial charge in [0.05, 0.1) is 32.5 Å². The number of anilines is 8. The number of aromatic nitrogens is 6. The van der Waals surface area contributed by atoms with Crippen molar-refractivity contribution >= 4 is 124 Å². The maximum atomic E-state index is 14.0. The van der Waals surface area contributed by atoms with Crippen molar-refractivity contribution in [2.75, 3.05) is 137 Å². The first-order chi connectivity index (χ1) is 51.4. The van der Waals surface area contributed by atoms with Crippen molar-refractivity contribution in [1.82, 2.24) is 49.5 Å². The summed E-state index contributed by atoms with van der Waals surface area (Å²) in [6.07, 6.45) is 2.10. The number of carboxylic acids is 2. The summed E-state index contributed by atoms with van der Waals surface area (Å²) in [5.74, 6) is -3.94. The Morgan fingerprint density at radius 3 is 0.973 bits per heavy atom. The van der Waals surface area contributed by atoms with E-state index in [1.54, 1.807) is 0 Å². The van der Waals surface area contributed by atoms with Crippen molar-refractivity contribution in [3.8, 4) is 34.1 Å². The Bertz CT molecular complexity index is 4280. The number of carboxylic acid groups (broad SMARTS) is 2. The molecule has 0 aliphatic rings. The van der Waals surface area contributed by atoms with Gasteiger partial charge in [-0.25, -0.2) is 21.6 Å². The number of hydrogen-bond donors (Lipinski definition) is 9. The first kappa shape index (κ1) is 93.0.